The quantitative estimate of drug-likeness (QED) is 0.398. The van der Waals surface area contributed by atoms with Gasteiger partial charge in [-0.25, -0.2) is 17.2 Å². The SMILES string of the molecule is Cc1c(Cl)cccc1NCC(=O)N1[C@@H]2CC[C@H]([C@@H]1C(=O)N[C@H](/C=C(/F)S(C)(=O)=O)C[C@H]1CCNC1=O)C(F)(F)C2. The second-order valence-electron chi connectivity index (χ2n) is 10.7. The van der Waals surface area contributed by atoms with E-state index < -0.39 is 69.1 Å². The molecule has 0 radical (unpaired) electrons. The molecule has 3 saturated heterocycles. The second kappa shape index (κ2) is 11.6. The Balaban J connectivity index is 1.59. The van der Waals surface area contributed by atoms with Gasteiger partial charge in [0.15, 0.2) is 0 Å². The average Bonchev–Trinajstić information content (AvgIpc) is 3.27. The number of benzene rings is 1. The molecule has 3 heterocycles. The first-order chi connectivity index (χ1) is 18.7. The Labute approximate surface area is 235 Å². The Hall–Kier alpha value is -2.80. The van der Waals surface area contributed by atoms with E-state index >= 15 is 8.78 Å². The normalized spacial score (nSPS) is 26.8. The van der Waals surface area contributed by atoms with Gasteiger partial charge < -0.3 is 20.9 Å². The lowest BCUT2D eigenvalue weighted by Crippen LogP contribution is -2.69. The molecule has 4 fully saturated rings. The van der Waals surface area contributed by atoms with Crippen LogP contribution in [-0.4, -0.2) is 74.4 Å². The van der Waals surface area contributed by atoms with Crippen LogP contribution in [0.1, 0.15) is 37.7 Å². The molecule has 0 aromatic heterocycles. The van der Waals surface area contributed by atoms with E-state index in [1.54, 1.807) is 25.1 Å². The summed E-state index contributed by atoms with van der Waals surface area (Å²) in [7, 11) is -4.26. The molecule has 3 amide bonds. The molecule has 14 heteroatoms. The third kappa shape index (κ3) is 6.40. The largest absolute Gasteiger partial charge is 0.376 e. The summed E-state index contributed by atoms with van der Waals surface area (Å²) in [5, 5.41) is 7.01. The predicted molar refractivity (Wildman–Crippen MR) is 143 cm³/mol. The maximum Gasteiger partial charge on any atom is 0.255 e. The first-order valence-corrected chi connectivity index (χ1v) is 15.3. The first kappa shape index (κ1) is 30.2. The van der Waals surface area contributed by atoms with Crippen LogP contribution in [0.2, 0.25) is 5.02 Å². The van der Waals surface area contributed by atoms with Crippen LogP contribution in [0.3, 0.4) is 0 Å². The van der Waals surface area contributed by atoms with Crippen LogP contribution in [0, 0.1) is 18.8 Å². The lowest BCUT2D eigenvalue weighted by Gasteiger charge is -2.53. The zero-order valence-electron chi connectivity index (χ0n) is 22.1. The van der Waals surface area contributed by atoms with E-state index in [1.165, 1.54) is 4.90 Å². The number of anilines is 1. The standard InChI is InChI=1S/C26H32ClF3N4O5S/c1-14-19(27)4-3-5-20(14)32-13-22(35)34-17-6-7-18(26(29,30)12-17)23(34)25(37)33-16(11-21(28)40(2,38)39)10-15-8-9-31-24(15)36/h3-5,11,15-18,23,32H,6-10,12-13H2,1-2H3,(H,31,36)(H,33,37)/b21-11-/t15-,16+,17-,18-,23-/m1/s1. The Kier molecular flexibility index (Phi) is 8.74. The molecular weight excluding hydrogens is 573 g/mol. The van der Waals surface area contributed by atoms with Crippen LogP contribution < -0.4 is 16.0 Å². The van der Waals surface area contributed by atoms with Gasteiger partial charge in [0.2, 0.25) is 32.7 Å². The minimum absolute atomic E-state index is 0.00357. The molecule has 4 aliphatic rings. The van der Waals surface area contributed by atoms with Crippen LogP contribution in [0.5, 0.6) is 0 Å². The number of sulfone groups is 1. The Morgan fingerprint density at radius 3 is 2.62 bits per heavy atom. The molecule has 3 N–H and O–H groups in total. The fourth-order valence-electron chi connectivity index (χ4n) is 5.82. The number of nitrogens with zero attached hydrogens (tertiary/aromatic N) is 1. The van der Waals surface area contributed by atoms with Gasteiger partial charge in [0.05, 0.1) is 18.5 Å². The van der Waals surface area contributed by atoms with Crippen molar-refractivity contribution in [2.75, 3.05) is 24.7 Å². The van der Waals surface area contributed by atoms with E-state index in [0.717, 1.165) is 0 Å². The van der Waals surface area contributed by atoms with Crippen molar-refractivity contribution in [3.05, 3.63) is 40.0 Å². The van der Waals surface area contributed by atoms with E-state index in [9.17, 15) is 27.2 Å². The summed E-state index contributed by atoms with van der Waals surface area (Å²) in [6.45, 7) is 1.83. The van der Waals surface area contributed by atoms with E-state index in [4.69, 9.17) is 11.6 Å². The molecule has 0 spiro atoms. The van der Waals surface area contributed by atoms with Gasteiger partial charge >= 0.3 is 0 Å². The van der Waals surface area contributed by atoms with Crippen molar-refractivity contribution in [1.29, 1.82) is 0 Å². The minimum atomic E-state index is -4.26. The van der Waals surface area contributed by atoms with Crippen molar-refractivity contribution < 1.29 is 36.0 Å². The van der Waals surface area contributed by atoms with Crippen molar-refractivity contribution in [1.82, 2.24) is 15.5 Å². The van der Waals surface area contributed by atoms with Crippen LogP contribution in [0.25, 0.3) is 0 Å². The fraction of sp³-hybridized carbons (Fsp3) is 0.577. The van der Waals surface area contributed by atoms with Gasteiger partial charge in [-0.05, 0) is 56.4 Å². The zero-order valence-corrected chi connectivity index (χ0v) is 23.6. The number of halogens is 4. The summed E-state index contributed by atoms with van der Waals surface area (Å²) in [4.78, 5) is 40.3. The average molecular weight is 605 g/mol. The Bertz CT molecular complexity index is 1330. The van der Waals surface area contributed by atoms with Crippen LogP contribution >= 0.6 is 11.6 Å². The van der Waals surface area contributed by atoms with Crippen LogP contribution in [-0.2, 0) is 24.2 Å². The lowest BCUT2D eigenvalue weighted by molar-refractivity contribution is -0.193. The van der Waals surface area contributed by atoms with E-state index in [1.807, 2.05) is 0 Å². The molecular formula is C26H32ClF3N4O5S. The van der Waals surface area contributed by atoms with Crippen molar-refractivity contribution in [3.8, 4) is 0 Å². The Morgan fingerprint density at radius 1 is 1.27 bits per heavy atom. The third-order valence-corrected chi connectivity index (χ3v) is 9.16. The van der Waals surface area contributed by atoms with Gasteiger partial charge in [0.25, 0.3) is 5.92 Å². The van der Waals surface area contributed by atoms with Crippen molar-refractivity contribution in [2.24, 2.45) is 11.8 Å². The molecule has 3 aliphatic heterocycles. The highest BCUT2D eigenvalue weighted by molar-refractivity contribution is 7.94. The number of nitrogens with one attached hydrogen (secondary N) is 3. The molecule has 1 saturated carbocycles. The first-order valence-electron chi connectivity index (χ1n) is 13.0. The number of hydrogen-bond donors (Lipinski definition) is 3. The number of amides is 3. The third-order valence-electron chi connectivity index (χ3n) is 7.91. The zero-order chi connectivity index (χ0) is 29.4. The molecule has 1 aromatic carbocycles. The molecule has 5 atom stereocenters. The number of carbonyl (C=O) groups excluding carboxylic acids is 3. The van der Waals surface area contributed by atoms with Gasteiger partial charge in [-0.3, -0.25) is 14.4 Å². The molecule has 9 nitrogen and oxygen atoms in total. The topological polar surface area (TPSA) is 125 Å². The summed E-state index contributed by atoms with van der Waals surface area (Å²) in [5.41, 5.74) is 1.27. The van der Waals surface area contributed by atoms with Crippen LogP contribution in [0.4, 0.5) is 18.9 Å². The highest BCUT2D eigenvalue weighted by atomic mass is 35.5. The maximum absolute atomic E-state index is 15.0. The summed E-state index contributed by atoms with van der Waals surface area (Å²) >= 11 is 6.14. The van der Waals surface area contributed by atoms with Crippen molar-refractivity contribution >= 4 is 44.8 Å². The molecule has 220 valence electrons. The number of carbonyl (C=O) groups is 3. The van der Waals surface area contributed by atoms with Gasteiger partial charge in [0, 0.05) is 41.9 Å². The number of hydrogen-bond acceptors (Lipinski definition) is 6. The molecule has 2 bridgehead atoms. The highest BCUT2D eigenvalue weighted by Gasteiger charge is 2.60. The number of alkyl halides is 2. The summed E-state index contributed by atoms with van der Waals surface area (Å²) in [6.07, 6.45) is 1.27. The lowest BCUT2D eigenvalue weighted by atomic mass is 9.71. The van der Waals surface area contributed by atoms with Crippen molar-refractivity contribution in [3.63, 3.8) is 0 Å². The Morgan fingerprint density at radius 2 is 2.00 bits per heavy atom. The number of fused-ring (bicyclic) bond motifs is 3. The second-order valence-corrected chi connectivity index (χ2v) is 13.0. The molecule has 0 unspecified atom stereocenters. The number of piperidine rings is 2. The van der Waals surface area contributed by atoms with Crippen molar-refractivity contribution in [2.45, 2.75) is 63.1 Å². The van der Waals surface area contributed by atoms with Gasteiger partial charge in [-0.1, -0.05) is 17.7 Å². The summed E-state index contributed by atoms with van der Waals surface area (Å²) in [5.74, 6) is -7.20. The predicted octanol–water partition coefficient (Wildman–Crippen LogP) is 2.94. The smallest absolute Gasteiger partial charge is 0.255 e. The molecule has 1 aromatic rings. The van der Waals surface area contributed by atoms with E-state index in [0.29, 0.717) is 48.0 Å². The highest BCUT2D eigenvalue weighted by Crippen LogP contribution is 2.49. The van der Waals surface area contributed by atoms with Crippen LogP contribution in [0.15, 0.2) is 29.4 Å². The van der Waals surface area contributed by atoms with Gasteiger partial charge in [-0.2, -0.15) is 4.39 Å². The summed E-state index contributed by atoms with van der Waals surface area (Å²) in [6, 6.07) is 1.34. The fourth-order valence-corrected chi connectivity index (χ4v) is 6.41. The van der Waals surface area contributed by atoms with E-state index in [-0.39, 0.29) is 25.3 Å². The molecule has 1 aliphatic carbocycles. The molecule has 5 rings (SSSR count). The summed E-state index contributed by atoms with van der Waals surface area (Å²) < 4.78 is 67.9. The minimum Gasteiger partial charge on any atom is -0.376 e. The maximum atomic E-state index is 15.0. The van der Waals surface area contributed by atoms with Gasteiger partial charge in [-0.15, -0.1) is 0 Å². The number of rotatable bonds is 9. The molecule has 40 heavy (non-hydrogen) atoms. The van der Waals surface area contributed by atoms with E-state index in [2.05, 4.69) is 16.0 Å². The monoisotopic (exact) mass is 604 g/mol. The van der Waals surface area contributed by atoms with Gasteiger partial charge in [0.1, 0.15) is 6.04 Å².